The summed E-state index contributed by atoms with van der Waals surface area (Å²) >= 11 is 3.27. The zero-order valence-corrected chi connectivity index (χ0v) is 8.77. The number of benzene rings is 1. The minimum absolute atomic E-state index is 0.646. The van der Waals surface area contributed by atoms with Gasteiger partial charge in [-0.15, -0.1) is 0 Å². The topological polar surface area (TPSA) is 41.6 Å². The van der Waals surface area contributed by atoms with Crippen molar-refractivity contribution in [3.8, 4) is 11.8 Å². The fraction of sp³-hybridized carbons (Fsp3) is 0. The molecule has 0 bridgehead atoms. The predicted molar refractivity (Wildman–Crippen MR) is 56.0 cm³/mol. The van der Waals surface area contributed by atoms with Crippen LogP contribution < -0.4 is 0 Å². The van der Waals surface area contributed by atoms with Crippen LogP contribution in [-0.2, 0) is 0 Å². The monoisotopic (exact) mass is 247 g/mol. The van der Waals surface area contributed by atoms with Crippen molar-refractivity contribution in [2.45, 2.75) is 0 Å². The van der Waals surface area contributed by atoms with E-state index < -0.39 is 0 Å². The molecule has 3 nitrogen and oxygen atoms in total. The molecule has 0 N–H and O–H groups in total. The first-order valence-electron chi connectivity index (χ1n) is 3.99. The third-order valence-electron chi connectivity index (χ3n) is 1.82. The summed E-state index contributed by atoms with van der Waals surface area (Å²) in [4.78, 5) is 4.05. The Morgan fingerprint density at radius 1 is 1.43 bits per heavy atom. The maximum Gasteiger partial charge on any atom is 0.124 e. The molecule has 0 saturated heterocycles. The van der Waals surface area contributed by atoms with E-state index in [0.29, 0.717) is 5.56 Å². The number of rotatable bonds is 1. The molecule has 68 valence electrons. The van der Waals surface area contributed by atoms with E-state index in [4.69, 9.17) is 5.26 Å². The average Bonchev–Trinajstić information content (AvgIpc) is 2.65. The van der Waals surface area contributed by atoms with Crippen molar-refractivity contribution in [1.82, 2.24) is 9.55 Å². The number of imidazole rings is 1. The van der Waals surface area contributed by atoms with Gasteiger partial charge in [-0.2, -0.15) is 5.26 Å². The number of hydrogen-bond acceptors (Lipinski definition) is 2. The van der Waals surface area contributed by atoms with Crippen molar-refractivity contribution in [2.75, 3.05) is 0 Å². The lowest BCUT2D eigenvalue weighted by Gasteiger charge is -2.00. The van der Waals surface area contributed by atoms with E-state index in [9.17, 15) is 0 Å². The SMILES string of the molecule is N#Cc1cccc(-n2cnc(Br)c2)c1. The Morgan fingerprint density at radius 3 is 2.93 bits per heavy atom. The Bertz CT molecular complexity index is 496. The molecule has 0 fully saturated rings. The normalized spacial score (nSPS) is 9.71. The number of nitriles is 1. The summed E-state index contributed by atoms with van der Waals surface area (Å²) in [6.45, 7) is 0. The first-order valence-corrected chi connectivity index (χ1v) is 4.79. The van der Waals surface area contributed by atoms with E-state index in [1.54, 1.807) is 12.4 Å². The van der Waals surface area contributed by atoms with Gasteiger partial charge < -0.3 is 4.57 Å². The van der Waals surface area contributed by atoms with Crippen molar-refractivity contribution >= 4 is 15.9 Å². The van der Waals surface area contributed by atoms with Gasteiger partial charge in [0, 0.05) is 11.9 Å². The van der Waals surface area contributed by atoms with Crippen LogP contribution in [0.4, 0.5) is 0 Å². The van der Waals surface area contributed by atoms with Gasteiger partial charge in [-0.1, -0.05) is 6.07 Å². The summed E-state index contributed by atoms with van der Waals surface area (Å²) in [7, 11) is 0. The van der Waals surface area contributed by atoms with Crippen molar-refractivity contribution in [2.24, 2.45) is 0 Å². The quantitative estimate of drug-likeness (QED) is 0.777. The number of hydrogen-bond donors (Lipinski definition) is 0. The molecule has 0 amide bonds. The van der Waals surface area contributed by atoms with Crippen molar-refractivity contribution < 1.29 is 0 Å². The number of aromatic nitrogens is 2. The van der Waals surface area contributed by atoms with E-state index in [0.717, 1.165) is 10.3 Å². The van der Waals surface area contributed by atoms with Crippen LogP contribution in [0.25, 0.3) is 5.69 Å². The van der Waals surface area contributed by atoms with Gasteiger partial charge in [0.2, 0.25) is 0 Å². The van der Waals surface area contributed by atoms with Crippen LogP contribution in [0.1, 0.15) is 5.56 Å². The van der Waals surface area contributed by atoms with Crippen LogP contribution in [0, 0.1) is 11.3 Å². The third kappa shape index (κ3) is 1.68. The molecular weight excluding hydrogens is 242 g/mol. The van der Waals surface area contributed by atoms with E-state index in [2.05, 4.69) is 27.0 Å². The highest BCUT2D eigenvalue weighted by Gasteiger charge is 1.98. The molecule has 0 radical (unpaired) electrons. The Kier molecular flexibility index (Phi) is 2.33. The fourth-order valence-electron chi connectivity index (χ4n) is 1.18. The summed E-state index contributed by atoms with van der Waals surface area (Å²) < 4.78 is 2.63. The molecule has 0 spiro atoms. The molecule has 14 heavy (non-hydrogen) atoms. The zero-order chi connectivity index (χ0) is 9.97. The minimum Gasteiger partial charge on any atom is -0.305 e. The summed E-state index contributed by atoms with van der Waals surface area (Å²) in [6.07, 6.45) is 3.54. The molecule has 0 aliphatic heterocycles. The second-order valence-electron chi connectivity index (χ2n) is 2.77. The second kappa shape index (κ2) is 3.64. The maximum absolute atomic E-state index is 8.73. The lowest BCUT2D eigenvalue weighted by Crippen LogP contribution is -1.89. The molecule has 0 saturated carbocycles. The lowest BCUT2D eigenvalue weighted by atomic mass is 10.2. The first-order chi connectivity index (χ1) is 6.79. The molecule has 4 heteroatoms. The largest absolute Gasteiger partial charge is 0.305 e. The molecule has 0 aliphatic carbocycles. The molecule has 2 aromatic rings. The summed E-state index contributed by atoms with van der Waals surface area (Å²) in [5, 5.41) is 8.73. The molecule has 0 atom stereocenters. The molecule has 1 heterocycles. The molecule has 0 unspecified atom stereocenters. The van der Waals surface area contributed by atoms with Crippen LogP contribution in [-0.4, -0.2) is 9.55 Å². The van der Waals surface area contributed by atoms with Gasteiger partial charge in [-0.25, -0.2) is 4.98 Å². The summed E-state index contributed by atoms with van der Waals surface area (Å²) in [6, 6.07) is 9.46. The minimum atomic E-state index is 0.646. The molecule has 1 aromatic heterocycles. The van der Waals surface area contributed by atoms with Crippen molar-refractivity contribution in [3.63, 3.8) is 0 Å². The van der Waals surface area contributed by atoms with Gasteiger partial charge in [-0.3, -0.25) is 0 Å². The predicted octanol–water partition coefficient (Wildman–Crippen LogP) is 2.51. The molecule has 2 rings (SSSR count). The molecule has 1 aromatic carbocycles. The number of halogens is 1. The number of nitrogens with zero attached hydrogens (tertiary/aromatic N) is 3. The van der Waals surface area contributed by atoms with Gasteiger partial charge in [0.1, 0.15) is 10.9 Å². The summed E-state index contributed by atoms with van der Waals surface area (Å²) in [5.74, 6) is 0. The maximum atomic E-state index is 8.73. The molecular formula is C10H6BrN3. The van der Waals surface area contributed by atoms with Crippen LogP contribution in [0.5, 0.6) is 0 Å². The Hall–Kier alpha value is -1.60. The van der Waals surface area contributed by atoms with Gasteiger partial charge >= 0.3 is 0 Å². The zero-order valence-electron chi connectivity index (χ0n) is 7.18. The van der Waals surface area contributed by atoms with Crippen LogP contribution in [0.15, 0.2) is 41.4 Å². The standard InChI is InChI=1S/C10H6BrN3/c11-10-6-14(7-13-10)9-3-1-2-8(4-9)5-12/h1-4,6-7H. The van der Waals surface area contributed by atoms with E-state index >= 15 is 0 Å². The molecule has 0 aliphatic rings. The average molecular weight is 248 g/mol. The van der Waals surface area contributed by atoms with Crippen LogP contribution in [0.3, 0.4) is 0 Å². The fourth-order valence-corrected chi connectivity index (χ4v) is 1.49. The highest BCUT2D eigenvalue weighted by molar-refractivity contribution is 9.10. The van der Waals surface area contributed by atoms with E-state index in [1.807, 2.05) is 29.0 Å². The van der Waals surface area contributed by atoms with Crippen LogP contribution >= 0.6 is 15.9 Å². The highest BCUT2D eigenvalue weighted by atomic mass is 79.9. The summed E-state index contributed by atoms with van der Waals surface area (Å²) in [5.41, 5.74) is 1.58. The van der Waals surface area contributed by atoms with Crippen molar-refractivity contribution in [3.05, 3.63) is 47.0 Å². The Labute approximate surface area is 89.8 Å². The van der Waals surface area contributed by atoms with Gasteiger partial charge in [0.25, 0.3) is 0 Å². The third-order valence-corrected chi connectivity index (χ3v) is 2.23. The van der Waals surface area contributed by atoms with E-state index in [1.165, 1.54) is 0 Å². The van der Waals surface area contributed by atoms with Crippen LogP contribution in [0.2, 0.25) is 0 Å². The first kappa shape index (κ1) is 8.97. The van der Waals surface area contributed by atoms with E-state index in [-0.39, 0.29) is 0 Å². The smallest absolute Gasteiger partial charge is 0.124 e. The van der Waals surface area contributed by atoms with Gasteiger partial charge in [0.05, 0.1) is 11.6 Å². The highest BCUT2D eigenvalue weighted by Crippen LogP contribution is 2.13. The van der Waals surface area contributed by atoms with Crippen molar-refractivity contribution in [1.29, 1.82) is 5.26 Å². The van der Waals surface area contributed by atoms with Gasteiger partial charge in [-0.05, 0) is 34.1 Å². The lowest BCUT2D eigenvalue weighted by molar-refractivity contribution is 1.06. The Balaban J connectivity index is 2.47. The van der Waals surface area contributed by atoms with Gasteiger partial charge in [0.15, 0.2) is 0 Å². The Morgan fingerprint density at radius 2 is 2.29 bits per heavy atom. The second-order valence-corrected chi connectivity index (χ2v) is 3.58.